The third-order valence-corrected chi connectivity index (χ3v) is 6.61. The van der Waals surface area contributed by atoms with E-state index >= 15 is 0 Å². The maximum absolute atomic E-state index is 13.9. The van der Waals surface area contributed by atoms with Crippen molar-refractivity contribution in [3.05, 3.63) is 89.5 Å². The Morgan fingerprint density at radius 1 is 0.932 bits per heavy atom. The summed E-state index contributed by atoms with van der Waals surface area (Å²) in [5.74, 6) is -0.836. The van der Waals surface area contributed by atoms with Gasteiger partial charge in [-0.1, -0.05) is 48.5 Å². The summed E-state index contributed by atoms with van der Waals surface area (Å²) in [6.45, 7) is 6.87. The summed E-state index contributed by atoms with van der Waals surface area (Å²) in [5, 5.41) is 8.15. The zero-order chi connectivity index (χ0) is 31.9. The lowest BCUT2D eigenvalue weighted by atomic mass is 10.0. The third kappa shape index (κ3) is 8.27. The SMILES string of the molecule is CCOC(=O)[C@@H]1NC(=O)[C@H](c2ccccc2)NC(=O)[C@H](NC(=O)OC(C)(C)C)Cc2ccc(cc2)Oc2cc1ccc2OC. The first-order chi connectivity index (χ1) is 21.0. The van der Waals surface area contributed by atoms with Gasteiger partial charge in [-0.05, 0) is 68.7 Å². The lowest BCUT2D eigenvalue weighted by Crippen LogP contribution is -2.52. The van der Waals surface area contributed by atoms with E-state index in [0.29, 0.717) is 33.9 Å². The van der Waals surface area contributed by atoms with Crippen molar-refractivity contribution in [2.75, 3.05) is 13.7 Å². The normalized spacial score (nSPS) is 18.7. The van der Waals surface area contributed by atoms with Crippen LogP contribution in [-0.4, -0.2) is 49.2 Å². The molecule has 3 aromatic carbocycles. The first kappa shape index (κ1) is 31.9. The molecule has 232 valence electrons. The summed E-state index contributed by atoms with van der Waals surface area (Å²) in [6, 6.07) is 16.8. The lowest BCUT2D eigenvalue weighted by molar-refractivity contribution is -0.148. The van der Waals surface area contributed by atoms with Gasteiger partial charge in [0.2, 0.25) is 11.8 Å². The molecule has 11 heteroatoms. The molecule has 11 nitrogen and oxygen atoms in total. The summed E-state index contributed by atoms with van der Waals surface area (Å²) in [5.41, 5.74) is 0.744. The van der Waals surface area contributed by atoms with Crippen LogP contribution >= 0.6 is 0 Å². The number of amides is 3. The number of hydrogen-bond donors (Lipinski definition) is 3. The number of methoxy groups -OCH3 is 1. The molecular weight excluding hydrogens is 566 g/mol. The summed E-state index contributed by atoms with van der Waals surface area (Å²) < 4.78 is 22.3. The molecule has 0 fully saturated rings. The Labute approximate surface area is 256 Å². The van der Waals surface area contributed by atoms with Crippen LogP contribution in [-0.2, 0) is 30.3 Å². The molecule has 4 bridgehead atoms. The topological polar surface area (TPSA) is 141 Å². The minimum Gasteiger partial charge on any atom is -0.493 e. The number of nitrogens with one attached hydrogen (secondary N) is 3. The van der Waals surface area contributed by atoms with E-state index in [-0.39, 0.29) is 13.0 Å². The number of fused-ring (bicyclic) bond motifs is 9. The summed E-state index contributed by atoms with van der Waals surface area (Å²) >= 11 is 0. The van der Waals surface area contributed by atoms with Gasteiger partial charge in [0.25, 0.3) is 0 Å². The molecule has 3 N–H and O–H groups in total. The predicted molar refractivity (Wildman–Crippen MR) is 161 cm³/mol. The van der Waals surface area contributed by atoms with E-state index in [0.717, 1.165) is 0 Å². The Morgan fingerprint density at radius 3 is 2.27 bits per heavy atom. The third-order valence-electron chi connectivity index (χ3n) is 6.61. The van der Waals surface area contributed by atoms with Gasteiger partial charge >= 0.3 is 12.1 Å². The van der Waals surface area contributed by atoms with E-state index in [1.165, 1.54) is 7.11 Å². The fraction of sp³-hybridized carbons (Fsp3) is 0.333. The summed E-state index contributed by atoms with van der Waals surface area (Å²) in [6.07, 6.45) is -0.709. The maximum atomic E-state index is 13.9. The number of alkyl carbamates (subject to hydrolysis) is 1. The van der Waals surface area contributed by atoms with Crippen LogP contribution in [0.25, 0.3) is 0 Å². The predicted octanol–water partition coefficient (Wildman–Crippen LogP) is 4.51. The highest BCUT2D eigenvalue weighted by atomic mass is 16.6. The van der Waals surface area contributed by atoms with Gasteiger partial charge in [0.1, 0.15) is 23.4 Å². The van der Waals surface area contributed by atoms with Gasteiger partial charge < -0.3 is 34.9 Å². The number of rotatable bonds is 5. The highest BCUT2D eigenvalue weighted by molar-refractivity contribution is 5.94. The second-order valence-corrected chi connectivity index (χ2v) is 11.1. The molecular formula is C33H37N3O8. The minimum absolute atomic E-state index is 0.0773. The van der Waals surface area contributed by atoms with Crippen LogP contribution in [0, 0.1) is 0 Å². The highest BCUT2D eigenvalue weighted by Gasteiger charge is 2.33. The monoisotopic (exact) mass is 603 g/mol. The summed E-state index contributed by atoms with van der Waals surface area (Å²) in [7, 11) is 1.49. The second kappa shape index (κ2) is 13.9. The second-order valence-electron chi connectivity index (χ2n) is 11.1. The van der Waals surface area contributed by atoms with E-state index in [1.54, 1.807) is 100 Å². The van der Waals surface area contributed by atoms with E-state index in [4.69, 9.17) is 18.9 Å². The Balaban J connectivity index is 1.81. The van der Waals surface area contributed by atoms with Crippen LogP contribution in [0.2, 0.25) is 0 Å². The van der Waals surface area contributed by atoms with Crippen molar-refractivity contribution in [3.63, 3.8) is 0 Å². The molecule has 2 aliphatic heterocycles. The molecule has 0 aliphatic carbocycles. The standard InChI is InChI=1S/C33H37N3O8/c1-6-42-31(39)28-22-14-17-25(41-5)26(19-22)43-23-15-12-20(13-16-23)18-24(34-32(40)44-33(2,3)4)29(37)35-27(30(38)36-28)21-10-8-7-9-11-21/h7-17,19,24,27-28H,6,18H2,1-5H3,(H,34,40)(H,35,37)(H,36,38)/t24-,27+,28-/m1/s1. The van der Waals surface area contributed by atoms with Crippen LogP contribution < -0.4 is 25.4 Å². The quantitative estimate of drug-likeness (QED) is 0.362. The maximum Gasteiger partial charge on any atom is 0.408 e. The lowest BCUT2D eigenvalue weighted by Gasteiger charge is -2.27. The Bertz CT molecular complexity index is 1490. The molecule has 2 heterocycles. The fourth-order valence-corrected chi connectivity index (χ4v) is 4.59. The molecule has 0 unspecified atom stereocenters. The smallest absolute Gasteiger partial charge is 0.408 e. The first-order valence-electron chi connectivity index (χ1n) is 14.2. The van der Waals surface area contributed by atoms with Crippen molar-refractivity contribution < 1.29 is 38.1 Å². The molecule has 5 rings (SSSR count). The largest absolute Gasteiger partial charge is 0.493 e. The number of benzene rings is 3. The molecule has 3 amide bonds. The van der Waals surface area contributed by atoms with Crippen molar-refractivity contribution in [2.24, 2.45) is 0 Å². The number of hydrogen-bond acceptors (Lipinski definition) is 8. The zero-order valence-electron chi connectivity index (χ0n) is 25.3. The average Bonchev–Trinajstić information content (AvgIpc) is 2.98. The van der Waals surface area contributed by atoms with E-state index < -0.39 is 47.6 Å². The molecule has 3 atom stereocenters. The van der Waals surface area contributed by atoms with Crippen LogP contribution in [0.3, 0.4) is 0 Å². The van der Waals surface area contributed by atoms with Crippen LogP contribution in [0.15, 0.2) is 72.8 Å². The van der Waals surface area contributed by atoms with Crippen molar-refractivity contribution in [2.45, 2.75) is 57.8 Å². The molecule has 0 radical (unpaired) electrons. The average molecular weight is 604 g/mol. The Hall–Kier alpha value is -5.06. The van der Waals surface area contributed by atoms with Crippen LogP contribution in [0.1, 0.15) is 56.5 Å². The number of esters is 1. The fourth-order valence-electron chi connectivity index (χ4n) is 4.59. The minimum atomic E-state index is -1.25. The molecule has 3 aromatic rings. The van der Waals surface area contributed by atoms with Crippen molar-refractivity contribution in [1.29, 1.82) is 0 Å². The molecule has 0 spiro atoms. The van der Waals surface area contributed by atoms with Gasteiger partial charge in [-0.3, -0.25) is 9.59 Å². The van der Waals surface area contributed by atoms with Gasteiger partial charge in [-0.15, -0.1) is 0 Å². The first-order valence-corrected chi connectivity index (χ1v) is 14.2. The number of carbonyl (C=O) groups is 4. The zero-order valence-corrected chi connectivity index (χ0v) is 25.3. The van der Waals surface area contributed by atoms with Crippen molar-refractivity contribution >= 4 is 23.9 Å². The van der Waals surface area contributed by atoms with Gasteiger partial charge in [0.15, 0.2) is 17.5 Å². The molecule has 44 heavy (non-hydrogen) atoms. The van der Waals surface area contributed by atoms with Crippen molar-refractivity contribution in [1.82, 2.24) is 16.0 Å². The van der Waals surface area contributed by atoms with Gasteiger partial charge in [-0.2, -0.15) is 0 Å². The summed E-state index contributed by atoms with van der Waals surface area (Å²) in [4.78, 5) is 53.6. The van der Waals surface area contributed by atoms with E-state index in [2.05, 4.69) is 16.0 Å². The Kier molecular flexibility index (Phi) is 10.1. The Morgan fingerprint density at radius 2 is 1.64 bits per heavy atom. The molecule has 0 aromatic heterocycles. The molecule has 0 saturated carbocycles. The van der Waals surface area contributed by atoms with Crippen LogP contribution in [0.4, 0.5) is 4.79 Å². The van der Waals surface area contributed by atoms with Gasteiger partial charge in [-0.25, -0.2) is 9.59 Å². The van der Waals surface area contributed by atoms with Crippen LogP contribution in [0.5, 0.6) is 17.2 Å². The number of ether oxygens (including phenoxy) is 4. The van der Waals surface area contributed by atoms with E-state index in [9.17, 15) is 19.2 Å². The number of carbonyl (C=O) groups excluding carboxylic acids is 4. The highest BCUT2D eigenvalue weighted by Crippen LogP contribution is 2.35. The van der Waals surface area contributed by atoms with Gasteiger partial charge in [0, 0.05) is 6.42 Å². The van der Waals surface area contributed by atoms with E-state index in [1.807, 2.05) is 0 Å². The van der Waals surface area contributed by atoms with Crippen molar-refractivity contribution in [3.8, 4) is 17.2 Å². The molecule has 2 aliphatic rings. The molecule has 0 saturated heterocycles. The van der Waals surface area contributed by atoms with Gasteiger partial charge in [0.05, 0.1) is 13.7 Å².